The lowest BCUT2D eigenvalue weighted by atomic mass is 10.1. The van der Waals surface area contributed by atoms with Crippen LogP contribution in [0, 0.1) is 5.82 Å². The third kappa shape index (κ3) is 6.97. The van der Waals surface area contributed by atoms with Crippen LogP contribution in [0.25, 0.3) is 11.5 Å². The maximum absolute atomic E-state index is 15.3. The maximum Gasteiger partial charge on any atom is 0.470 e. The second-order valence-electron chi connectivity index (χ2n) is 10.9. The highest BCUT2D eigenvalue weighted by molar-refractivity contribution is 7.99. The summed E-state index contributed by atoms with van der Waals surface area (Å²) >= 11 is 1.78. The number of carbonyl (C=O) groups excluding carboxylic acids is 1. The standard InChI is InChI=1S/C29H32F4N6O3S/c30-25-15-21(26-34-35-27(42-26)29(31,32)33)3-4-22(25)17-39(28(40)38-11-13-43-14-12-38)23-5-1-20(2-6-23)16-36-7-9-37(10-8-36)24-18-41-19-24/h1-6,15,24H,7-14,16-19H2. The highest BCUT2D eigenvalue weighted by Crippen LogP contribution is 2.31. The number of anilines is 1. The number of aromatic nitrogens is 2. The summed E-state index contributed by atoms with van der Waals surface area (Å²) in [4.78, 5) is 21.9. The molecule has 0 aliphatic carbocycles. The number of hydrogen-bond acceptors (Lipinski definition) is 8. The molecule has 0 bridgehead atoms. The minimum Gasteiger partial charge on any atom is -0.413 e. The molecule has 14 heteroatoms. The predicted molar refractivity (Wildman–Crippen MR) is 153 cm³/mol. The summed E-state index contributed by atoms with van der Waals surface area (Å²) < 4.78 is 63.9. The van der Waals surface area contributed by atoms with E-state index in [0.29, 0.717) is 24.8 Å². The van der Waals surface area contributed by atoms with Gasteiger partial charge in [0.15, 0.2) is 0 Å². The number of benzene rings is 2. The van der Waals surface area contributed by atoms with Crippen LogP contribution in [0.1, 0.15) is 17.0 Å². The zero-order valence-electron chi connectivity index (χ0n) is 23.4. The molecule has 3 fully saturated rings. The van der Waals surface area contributed by atoms with E-state index in [4.69, 9.17) is 4.74 Å². The van der Waals surface area contributed by atoms with Crippen molar-refractivity contribution in [1.82, 2.24) is 24.9 Å². The molecule has 43 heavy (non-hydrogen) atoms. The molecule has 0 N–H and O–H groups in total. The minimum absolute atomic E-state index is 0.0152. The van der Waals surface area contributed by atoms with Crippen molar-refractivity contribution in [3.8, 4) is 11.5 Å². The second-order valence-corrected chi connectivity index (χ2v) is 12.1. The fourth-order valence-corrected chi connectivity index (χ4v) is 6.29. The Labute approximate surface area is 250 Å². The lowest BCUT2D eigenvalue weighted by Gasteiger charge is -2.42. The predicted octanol–water partition coefficient (Wildman–Crippen LogP) is 4.59. The Hall–Kier alpha value is -3.20. The average Bonchev–Trinajstić information content (AvgIpc) is 3.49. The van der Waals surface area contributed by atoms with Crippen LogP contribution in [-0.2, 0) is 24.0 Å². The Kier molecular flexibility index (Phi) is 8.89. The molecule has 4 heterocycles. The van der Waals surface area contributed by atoms with E-state index in [1.54, 1.807) is 21.6 Å². The molecule has 3 saturated heterocycles. The van der Waals surface area contributed by atoms with Crippen molar-refractivity contribution in [3.05, 3.63) is 65.3 Å². The number of hydrogen-bond donors (Lipinski definition) is 0. The van der Waals surface area contributed by atoms with Crippen LogP contribution in [0.2, 0.25) is 0 Å². The Morgan fingerprint density at radius 2 is 1.70 bits per heavy atom. The van der Waals surface area contributed by atoms with Gasteiger partial charge in [0.05, 0.1) is 25.8 Å². The number of rotatable bonds is 7. The van der Waals surface area contributed by atoms with Crippen LogP contribution < -0.4 is 4.90 Å². The fourth-order valence-electron chi connectivity index (χ4n) is 5.39. The SMILES string of the molecule is O=C(N1CCSCC1)N(Cc1ccc(-c2nnc(C(F)(F)F)o2)cc1F)c1ccc(CN2CCN(C3COC3)CC2)cc1. The van der Waals surface area contributed by atoms with Gasteiger partial charge in [-0.2, -0.15) is 24.9 Å². The molecule has 3 aliphatic heterocycles. The van der Waals surface area contributed by atoms with E-state index in [1.165, 1.54) is 12.1 Å². The minimum atomic E-state index is -4.80. The van der Waals surface area contributed by atoms with E-state index in [0.717, 1.165) is 69.1 Å². The fraction of sp³-hybridized carbons (Fsp3) is 0.483. The van der Waals surface area contributed by atoms with E-state index >= 15 is 4.39 Å². The number of carbonyl (C=O) groups is 1. The van der Waals surface area contributed by atoms with Gasteiger partial charge in [-0.25, -0.2) is 9.18 Å². The molecular weight excluding hydrogens is 588 g/mol. The molecule has 2 amide bonds. The van der Waals surface area contributed by atoms with Gasteiger partial charge in [-0.15, -0.1) is 10.2 Å². The van der Waals surface area contributed by atoms with Crippen molar-refractivity contribution in [3.63, 3.8) is 0 Å². The summed E-state index contributed by atoms with van der Waals surface area (Å²) in [7, 11) is 0. The summed E-state index contributed by atoms with van der Waals surface area (Å²) in [6.07, 6.45) is -4.80. The van der Waals surface area contributed by atoms with E-state index < -0.39 is 23.8 Å². The smallest absolute Gasteiger partial charge is 0.413 e. The maximum atomic E-state index is 15.3. The quantitative estimate of drug-likeness (QED) is 0.356. The van der Waals surface area contributed by atoms with Crippen LogP contribution in [0.15, 0.2) is 46.9 Å². The first-order chi connectivity index (χ1) is 20.7. The summed E-state index contributed by atoms with van der Waals surface area (Å²) in [5, 5.41) is 6.41. The first kappa shape index (κ1) is 29.9. The van der Waals surface area contributed by atoms with Crippen molar-refractivity contribution >= 4 is 23.5 Å². The Bertz CT molecular complexity index is 1400. The Balaban J connectivity index is 1.17. The lowest BCUT2D eigenvalue weighted by molar-refractivity contribution is -0.156. The molecule has 3 aliphatic rings. The van der Waals surface area contributed by atoms with Gasteiger partial charge >= 0.3 is 18.1 Å². The number of nitrogens with zero attached hydrogens (tertiary/aromatic N) is 6. The monoisotopic (exact) mass is 620 g/mol. The van der Waals surface area contributed by atoms with Crippen LogP contribution in [0.4, 0.5) is 28.0 Å². The molecule has 6 rings (SSSR count). The Morgan fingerprint density at radius 1 is 0.977 bits per heavy atom. The van der Waals surface area contributed by atoms with Gasteiger partial charge in [0.1, 0.15) is 5.82 Å². The largest absolute Gasteiger partial charge is 0.470 e. The number of thioether (sulfide) groups is 1. The van der Waals surface area contributed by atoms with Gasteiger partial charge in [-0.1, -0.05) is 18.2 Å². The zero-order chi connectivity index (χ0) is 30.0. The number of amides is 2. The summed E-state index contributed by atoms with van der Waals surface area (Å²) in [6.45, 7) is 7.57. The summed E-state index contributed by atoms with van der Waals surface area (Å²) in [6, 6.07) is 12.0. The van der Waals surface area contributed by atoms with Crippen LogP contribution in [-0.4, -0.2) is 101 Å². The van der Waals surface area contributed by atoms with Crippen molar-refractivity contribution in [2.24, 2.45) is 0 Å². The van der Waals surface area contributed by atoms with E-state index in [-0.39, 0.29) is 23.7 Å². The van der Waals surface area contributed by atoms with Crippen molar-refractivity contribution in [2.75, 3.05) is 68.9 Å². The topological polar surface area (TPSA) is 78.2 Å². The summed E-state index contributed by atoms with van der Waals surface area (Å²) in [5.41, 5.74) is 1.98. The summed E-state index contributed by atoms with van der Waals surface area (Å²) in [5.74, 6) is -0.983. The van der Waals surface area contributed by atoms with Crippen LogP contribution in [0.3, 0.4) is 0 Å². The lowest BCUT2D eigenvalue weighted by Crippen LogP contribution is -2.56. The van der Waals surface area contributed by atoms with Crippen molar-refractivity contribution in [1.29, 1.82) is 0 Å². The third-order valence-corrected chi connectivity index (χ3v) is 8.95. The van der Waals surface area contributed by atoms with Gasteiger partial charge in [-0.05, 0) is 29.8 Å². The number of alkyl halides is 3. The molecule has 2 aromatic carbocycles. The molecule has 0 saturated carbocycles. The van der Waals surface area contributed by atoms with Gasteiger partial charge < -0.3 is 14.1 Å². The second kappa shape index (κ2) is 12.8. The molecule has 0 radical (unpaired) electrons. The number of urea groups is 1. The van der Waals surface area contributed by atoms with Gasteiger partial charge in [-0.3, -0.25) is 14.7 Å². The van der Waals surface area contributed by atoms with Crippen molar-refractivity contribution in [2.45, 2.75) is 25.3 Å². The molecule has 9 nitrogen and oxygen atoms in total. The van der Waals surface area contributed by atoms with Gasteiger partial charge in [0.2, 0.25) is 5.89 Å². The normalized spacial score (nSPS) is 18.9. The molecule has 230 valence electrons. The number of piperazine rings is 1. The molecule has 0 unspecified atom stereocenters. The zero-order valence-corrected chi connectivity index (χ0v) is 24.2. The average molecular weight is 621 g/mol. The number of ether oxygens (including phenoxy) is 1. The van der Waals surface area contributed by atoms with E-state index in [1.807, 2.05) is 24.3 Å². The van der Waals surface area contributed by atoms with E-state index in [9.17, 15) is 18.0 Å². The Morgan fingerprint density at radius 3 is 2.30 bits per heavy atom. The molecule has 1 aromatic heterocycles. The van der Waals surface area contributed by atoms with Crippen LogP contribution >= 0.6 is 11.8 Å². The molecule has 0 atom stereocenters. The molecule has 3 aromatic rings. The van der Waals surface area contributed by atoms with E-state index in [2.05, 4.69) is 24.4 Å². The van der Waals surface area contributed by atoms with Gasteiger partial charge in [0.25, 0.3) is 0 Å². The number of halogens is 4. The molecular formula is C29H32F4N6O3S. The first-order valence-electron chi connectivity index (χ1n) is 14.2. The highest BCUT2D eigenvalue weighted by Gasteiger charge is 2.38. The van der Waals surface area contributed by atoms with Crippen LogP contribution in [0.5, 0.6) is 0 Å². The first-order valence-corrected chi connectivity index (χ1v) is 15.4. The van der Waals surface area contributed by atoms with Gasteiger partial charge in [0, 0.05) is 74.1 Å². The third-order valence-electron chi connectivity index (χ3n) is 8.01. The highest BCUT2D eigenvalue weighted by atomic mass is 32.2. The van der Waals surface area contributed by atoms with Crippen molar-refractivity contribution < 1.29 is 31.5 Å². The molecule has 0 spiro atoms.